The maximum Gasteiger partial charge on any atom is 0.0403 e. The van der Waals surface area contributed by atoms with Crippen LogP contribution in [-0.4, -0.2) is 37.0 Å². The van der Waals surface area contributed by atoms with Gasteiger partial charge in [0.25, 0.3) is 0 Å². The second-order valence-corrected chi connectivity index (χ2v) is 10.7. The molecule has 36 heavy (non-hydrogen) atoms. The molecule has 1 fully saturated rings. The van der Waals surface area contributed by atoms with Gasteiger partial charge < -0.3 is 20.3 Å². The first-order chi connectivity index (χ1) is 16.5. The van der Waals surface area contributed by atoms with Crippen molar-refractivity contribution in [2.75, 3.05) is 13.6 Å². The summed E-state index contributed by atoms with van der Waals surface area (Å²) in [6.45, 7) is 28.5. The van der Waals surface area contributed by atoms with E-state index in [0.29, 0.717) is 12.0 Å². The number of nitrogens with zero attached hydrogens (tertiary/aromatic N) is 1. The molecule has 1 aromatic rings. The Morgan fingerprint density at radius 1 is 1.17 bits per heavy atom. The van der Waals surface area contributed by atoms with Gasteiger partial charge in [-0.3, -0.25) is 0 Å². The van der Waals surface area contributed by atoms with Gasteiger partial charge in [-0.2, -0.15) is 6.41 Å². The Kier molecular flexibility index (Phi) is 17.2. The Morgan fingerprint density at radius 2 is 1.72 bits per heavy atom. The molecule has 0 aromatic heterocycles. The van der Waals surface area contributed by atoms with E-state index in [0.717, 1.165) is 31.4 Å². The third-order valence-electron chi connectivity index (χ3n) is 6.51. The molecule has 210 valence electrons. The predicted octanol–water partition coefficient (Wildman–Crippen LogP) is 6.80. The summed E-state index contributed by atoms with van der Waals surface area (Å²) in [5, 5.41) is 5.67. The Labute approximate surface area is 217 Å². The average molecular weight is 740 g/mol. The number of allylic oxidation sites excluding steroid dienone is 1. The molecule has 0 aliphatic carbocycles. The quantitative estimate of drug-likeness (QED) is 0.149. The van der Waals surface area contributed by atoms with Crippen LogP contribution in [0.5, 0.6) is 0 Å². The molecule has 2 N–H and O–H groups in total. The van der Waals surface area contributed by atoms with Gasteiger partial charge in [0.05, 0.1) is 0 Å². The number of rotatable bonds is 11. The first-order valence-electron chi connectivity index (χ1n) is 13.0. The summed E-state index contributed by atoms with van der Waals surface area (Å²) in [7, 11) is 1.81. The molecule has 1 aliphatic heterocycles. The van der Waals surface area contributed by atoms with E-state index >= 15 is 0 Å². The van der Waals surface area contributed by atoms with Crippen molar-refractivity contribution in [3.05, 3.63) is 73.1 Å². The number of amides is 1. The molecule has 0 spiro atoms. The number of hydrogen-bond acceptors (Lipinski definition) is 3. The van der Waals surface area contributed by atoms with Crippen molar-refractivity contribution in [3.63, 3.8) is 0 Å². The van der Waals surface area contributed by atoms with E-state index in [-0.39, 0.29) is 11.5 Å². The molecule has 0 radical (unpaired) electrons. The molecule has 4 nitrogen and oxygen atoms in total. The summed E-state index contributed by atoms with van der Waals surface area (Å²) in [6, 6.07) is 9.67. The molecule has 3 unspecified atom stereocenters. The fourth-order valence-electron chi connectivity index (χ4n) is 4.65. The second-order valence-electron chi connectivity index (χ2n) is 10.7. The molecule has 1 heterocycles. The van der Waals surface area contributed by atoms with Crippen LogP contribution in [0, 0.1) is 11.3 Å². The van der Waals surface area contributed by atoms with Crippen molar-refractivity contribution in [2.24, 2.45) is 11.3 Å². The minimum atomic E-state index is -0.0493. The number of hydrogen-bond donors (Lipinski definition) is 2. The molecule has 5 heteroatoms. The Balaban J connectivity index is 0. The van der Waals surface area contributed by atoms with E-state index in [4.69, 9.17) is 0 Å². The van der Waals surface area contributed by atoms with Crippen molar-refractivity contribution in [2.45, 2.75) is 92.2 Å². The van der Waals surface area contributed by atoms with Gasteiger partial charge in [-0.15, -0.1) is 13.2 Å². The third-order valence-corrected chi connectivity index (χ3v) is 6.51. The zero-order valence-corrected chi connectivity index (χ0v) is 26.4. The summed E-state index contributed by atoms with van der Waals surface area (Å²) in [5.74, 6) is 0.339. The Bertz CT molecular complexity index is 754. The van der Waals surface area contributed by atoms with E-state index in [1.807, 2.05) is 7.05 Å². The Hall–Kier alpha value is -3.49. The van der Waals surface area contributed by atoms with Gasteiger partial charge in [0.2, 0.25) is 0 Å². The van der Waals surface area contributed by atoms with Gasteiger partial charge in [-0.1, -0.05) is 72.0 Å². The molecule has 2 rings (SSSR count). The summed E-state index contributed by atoms with van der Waals surface area (Å²) < 4.78 is 0. The molecule has 0 bridgehead atoms. The van der Waals surface area contributed by atoms with Crippen LogP contribution in [0.2, 0.25) is 0 Å². The van der Waals surface area contributed by atoms with Gasteiger partial charge in [-0.25, -0.2) is 0 Å². The molecule has 0 saturated carbocycles. The molecule has 1 amide bonds. The van der Waals surface area contributed by atoms with E-state index < -0.39 is 0 Å². The number of benzene rings is 1. The van der Waals surface area contributed by atoms with Gasteiger partial charge in [0.1, 0.15) is 0 Å². The average Bonchev–Trinajstić information content (AvgIpc) is 3.27. The van der Waals surface area contributed by atoms with E-state index in [1.54, 1.807) is 6.41 Å². The van der Waals surface area contributed by atoms with E-state index in [2.05, 4.69) is 108 Å². The normalized spacial score (nSPS) is 16.1. The standard InChI is InChI=1S/C17H25N.C12H23N2O.C2H4.Fm/c1-4-16-9-11-17(12-10-16)8-7-15(3)18-13-5-6-14(18)2;1-9(7-12(3,4)5)11(14-8-15)10(2)13-6;1-2;/h9-12,14H,3-8,13H2,1-2H3;9,11,13H,2,7H2,1,3-6H3,(H,14,15);1-2H2;/q;-1;;. The van der Waals surface area contributed by atoms with Crippen LogP contribution < -0.4 is 10.6 Å². The van der Waals surface area contributed by atoms with Crippen molar-refractivity contribution in [1.82, 2.24) is 15.5 Å². The molecule has 1 aromatic carbocycles. The minimum Gasteiger partial charge on any atom is -0.522 e. The molecular weight excluding hydrogens is 687 g/mol. The van der Waals surface area contributed by atoms with Crippen LogP contribution in [0.25, 0.3) is 0 Å². The number of likely N-dealkylation sites (tertiary alicyclic amines) is 1. The van der Waals surface area contributed by atoms with Crippen molar-refractivity contribution >= 4 is 6.41 Å². The van der Waals surface area contributed by atoms with Crippen LogP contribution in [-0.2, 0) is 17.6 Å². The number of nitrogens with one attached hydrogen (secondary N) is 2. The first-order valence-corrected chi connectivity index (χ1v) is 13.0. The topological polar surface area (TPSA) is 44.4 Å². The Morgan fingerprint density at radius 3 is 2.14 bits per heavy atom. The van der Waals surface area contributed by atoms with Crippen molar-refractivity contribution in [1.29, 1.82) is 0 Å². The summed E-state index contributed by atoms with van der Waals surface area (Å²) in [5.41, 5.74) is 5.25. The zero-order chi connectivity index (χ0) is 27.0. The van der Waals surface area contributed by atoms with Gasteiger partial charge in [-0.05, 0) is 67.9 Å². The second kappa shape index (κ2) is 17.9. The molecular formula is C31H52FmN3O-. The van der Waals surface area contributed by atoms with Crippen molar-refractivity contribution in [3.8, 4) is 0 Å². The van der Waals surface area contributed by atoms with E-state index in [1.165, 1.54) is 36.2 Å². The monoisotopic (exact) mass is 740 g/mol. The van der Waals surface area contributed by atoms with Crippen LogP contribution in [0.3, 0.4) is 0 Å². The molecule has 1 saturated heterocycles. The zero-order valence-electron chi connectivity index (χ0n) is 24.0. The maximum atomic E-state index is 10.4. The molecule has 1 aliphatic rings. The van der Waals surface area contributed by atoms with Crippen molar-refractivity contribution < 1.29 is 4.79 Å². The SMILES string of the molecule is C=C.C=C(CCc1ccc(CC)cc1)N1CCCC1C.C=C(NC)C(N[C-]=O)C(C)CC(C)(C)C.[Fm]. The van der Waals surface area contributed by atoms with E-state index in [9.17, 15) is 4.79 Å². The van der Waals surface area contributed by atoms with Crippen LogP contribution in [0.15, 0.2) is 62.0 Å². The largest absolute Gasteiger partial charge is 0.522 e. The van der Waals surface area contributed by atoms with Crippen LogP contribution in [0.1, 0.15) is 78.4 Å². The van der Waals surface area contributed by atoms with Crippen LogP contribution >= 0.6 is 0 Å². The number of carbonyl (C=O) groups excluding carboxylic acids is 1. The number of likely N-dealkylation sites (N-methyl/N-ethyl adjacent to an activating group) is 1. The third kappa shape index (κ3) is 12.8. The summed E-state index contributed by atoms with van der Waals surface area (Å²) in [4.78, 5) is 12.9. The summed E-state index contributed by atoms with van der Waals surface area (Å²) >= 11 is 0. The fourth-order valence-corrected chi connectivity index (χ4v) is 4.65. The van der Waals surface area contributed by atoms with Gasteiger partial charge in [0, 0.05) is 37.1 Å². The maximum absolute atomic E-state index is 10.4. The van der Waals surface area contributed by atoms with Crippen LogP contribution in [0.4, 0.5) is 0 Å². The first kappa shape index (κ1) is 34.7. The fraction of sp³-hybridized carbons (Fsp3) is 0.581. The smallest absolute Gasteiger partial charge is 0.0403 e. The number of aryl methyl sites for hydroxylation is 2. The predicted molar refractivity (Wildman–Crippen MR) is 154 cm³/mol. The van der Waals surface area contributed by atoms with Gasteiger partial charge in [0.15, 0.2) is 0 Å². The molecule has 3 atom stereocenters. The summed E-state index contributed by atoms with van der Waals surface area (Å²) in [6.07, 6.45) is 8.75. The van der Waals surface area contributed by atoms with Gasteiger partial charge >= 0.3 is 0 Å². The minimum absolute atomic E-state index is 0.